The van der Waals surface area contributed by atoms with Gasteiger partial charge in [-0.3, -0.25) is 0 Å². The maximum absolute atomic E-state index is 5.81. The quantitative estimate of drug-likeness (QED) is 0.633. The van der Waals surface area contributed by atoms with E-state index in [9.17, 15) is 0 Å². The highest BCUT2D eigenvalue weighted by atomic mass is 79.9. The molecule has 0 saturated carbocycles. The maximum atomic E-state index is 5.81. The van der Waals surface area contributed by atoms with Crippen molar-refractivity contribution < 1.29 is 4.74 Å². The molecule has 0 aliphatic heterocycles. The van der Waals surface area contributed by atoms with Crippen molar-refractivity contribution in [2.45, 2.75) is 12.8 Å². The smallest absolute Gasteiger partial charge is 0.133 e. The van der Waals surface area contributed by atoms with E-state index in [-0.39, 0.29) is 0 Å². The largest absolute Gasteiger partial charge is 0.492 e. The first-order chi connectivity index (χ1) is 6.74. The molecule has 1 nitrogen and oxygen atoms in total. The standard InChI is InChI=1S/C10H12BrClOS/c11-9-7-8(12)3-4-10(9)13-5-1-2-6-14/h3-4,7,14H,1-2,5-6H2. The number of ether oxygens (including phenoxy) is 1. The van der Waals surface area contributed by atoms with Crippen LogP contribution in [-0.4, -0.2) is 12.4 Å². The number of hydrogen-bond acceptors (Lipinski definition) is 2. The van der Waals surface area contributed by atoms with Crippen LogP contribution in [0.1, 0.15) is 12.8 Å². The summed E-state index contributed by atoms with van der Waals surface area (Å²) >= 11 is 13.3. The van der Waals surface area contributed by atoms with Gasteiger partial charge in [-0.15, -0.1) is 0 Å². The lowest BCUT2D eigenvalue weighted by molar-refractivity contribution is 0.308. The zero-order chi connectivity index (χ0) is 10.4. The normalized spacial score (nSPS) is 10.2. The van der Waals surface area contributed by atoms with Crippen molar-refractivity contribution >= 4 is 40.2 Å². The molecule has 0 saturated heterocycles. The average Bonchev–Trinajstić information content (AvgIpc) is 2.15. The van der Waals surface area contributed by atoms with E-state index in [1.165, 1.54) is 0 Å². The van der Waals surface area contributed by atoms with Gasteiger partial charge in [0, 0.05) is 5.02 Å². The molecular weight excluding hydrogens is 284 g/mol. The first-order valence-corrected chi connectivity index (χ1v) is 6.23. The molecule has 1 rings (SSSR count). The van der Waals surface area contributed by atoms with Gasteiger partial charge in [-0.25, -0.2) is 0 Å². The number of thiol groups is 1. The first-order valence-electron chi connectivity index (χ1n) is 4.43. The number of benzene rings is 1. The summed E-state index contributed by atoms with van der Waals surface area (Å²) in [5, 5.41) is 0.708. The minimum atomic E-state index is 0.708. The SMILES string of the molecule is SCCCCOc1ccc(Cl)cc1Br. The van der Waals surface area contributed by atoms with Crippen LogP contribution in [0.25, 0.3) is 0 Å². The summed E-state index contributed by atoms with van der Waals surface area (Å²) in [6.45, 7) is 0.723. The summed E-state index contributed by atoms with van der Waals surface area (Å²) in [6, 6.07) is 5.52. The third kappa shape index (κ3) is 4.11. The second-order valence-corrected chi connectivity index (χ2v) is 4.59. The lowest BCUT2D eigenvalue weighted by Crippen LogP contribution is -1.98. The Bertz CT molecular complexity index is 293. The van der Waals surface area contributed by atoms with E-state index >= 15 is 0 Å². The van der Waals surface area contributed by atoms with E-state index in [1.54, 1.807) is 0 Å². The van der Waals surface area contributed by atoms with E-state index in [2.05, 4.69) is 28.6 Å². The predicted molar refractivity (Wildman–Crippen MR) is 67.7 cm³/mol. The molecule has 78 valence electrons. The van der Waals surface area contributed by atoms with Crippen LogP contribution < -0.4 is 4.74 Å². The van der Waals surface area contributed by atoms with Gasteiger partial charge in [0.2, 0.25) is 0 Å². The Hall–Kier alpha value is 0.140. The van der Waals surface area contributed by atoms with Gasteiger partial charge in [0.1, 0.15) is 5.75 Å². The third-order valence-corrected chi connectivity index (χ3v) is 2.87. The van der Waals surface area contributed by atoms with Gasteiger partial charge in [0.15, 0.2) is 0 Å². The van der Waals surface area contributed by atoms with Gasteiger partial charge in [-0.2, -0.15) is 12.6 Å². The van der Waals surface area contributed by atoms with Gasteiger partial charge in [-0.05, 0) is 52.7 Å². The zero-order valence-corrected chi connectivity index (χ0v) is 10.9. The summed E-state index contributed by atoms with van der Waals surface area (Å²) in [7, 11) is 0. The molecular formula is C10H12BrClOS. The maximum Gasteiger partial charge on any atom is 0.133 e. The molecule has 0 aromatic heterocycles. The molecule has 0 bridgehead atoms. The molecule has 0 N–H and O–H groups in total. The second kappa shape index (κ2) is 6.59. The van der Waals surface area contributed by atoms with Crippen LogP contribution in [0.4, 0.5) is 0 Å². The van der Waals surface area contributed by atoms with E-state index in [0.717, 1.165) is 35.4 Å². The van der Waals surface area contributed by atoms with Crippen LogP contribution in [-0.2, 0) is 0 Å². The monoisotopic (exact) mass is 294 g/mol. The van der Waals surface area contributed by atoms with Crippen molar-refractivity contribution in [3.63, 3.8) is 0 Å². The molecule has 0 heterocycles. The fourth-order valence-corrected chi connectivity index (χ4v) is 2.01. The fraction of sp³-hybridized carbons (Fsp3) is 0.400. The molecule has 0 spiro atoms. The van der Waals surface area contributed by atoms with Crippen molar-refractivity contribution in [2.75, 3.05) is 12.4 Å². The molecule has 4 heteroatoms. The summed E-state index contributed by atoms with van der Waals surface area (Å²) < 4.78 is 6.45. The molecule has 0 unspecified atom stereocenters. The van der Waals surface area contributed by atoms with Crippen molar-refractivity contribution in [3.05, 3.63) is 27.7 Å². The number of hydrogen-bond donors (Lipinski definition) is 1. The summed E-state index contributed by atoms with van der Waals surface area (Å²) in [4.78, 5) is 0. The van der Waals surface area contributed by atoms with E-state index in [1.807, 2.05) is 18.2 Å². The molecule has 0 aliphatic carbocycles. The average molecular weight is 296 g/mol. The van der Waals surface area contributed by atoms with E-state index < -0.39 is 0 Å². The Labute approximate surface area is 103 Å². The predicted octanol–water partition coefficient (Wildman–Crippen LogP) is 4.19. The lowest BCUT2D eigenvalue weighted by atomic mass is 10.3. The first kappa shape index (κ1) is 12.2. The highest BCUT2D eigenvalue weighted by molar-refractivity contribution is 9.10. The minimum absolute atomic E-state index is 0.708. The summed E-state index contributed by atoms with van der Waals surface area (Å²) in [5.41, 5.74) is 0. The van der Waals surface area contributed by atoms with Crippen molar-refractivity contribution in [1.82, 2.24) is 0 Å². The van der Waals surface area contributed by atoms with Gasteiger partial charge >= 0.3 is 0 Å². The van der Waals surface area contributed by atoms with Crippen LogP contribution >= 0.6 is 40.2 Å². The van der Waals surface area contributed by atoms with Crippen LogP contribution in [0.15, 0.2) is 22.7 Å². The molecule has 0 atom stereocenters. The molecule has 1 aromatic carbocycles. The van der Waals surface area contributed by atoms with Crippen LogP contribution in [0.2, 0.25) is 5.02 Å². The van der Waals surface area contributed by atoms with E-state index in [0.29, 0.717) is 5.02 Å². The zero-order valence-electron chi connectivity index (χ0n) is 7.67. The fourth-order valence-electron chi connectivity index (χ4n) is 0.988. The molecule has 0 radical (unpaired) electrons. The van der Waals surface area contributed by atoms with Crippen molar-refractivity contribution in [1.29, 1.82) is 0 Å². The number of halogens is 2. The van der Waals surface area contributed by atoms with Gasteiger partial charge in [-0.1, -0.05) is 11.6 Å². The molecule has 0 aliphatic rings. The Morgan fingerprint density at radius 3 is 2.79 bits per heavy atom. The van der Waals surface area contributed by atoms with E-state index in [4.69, 9.17) is 16.3 Å². The Balaban J connectivity index is 2.42. The van der Waals surface area contributed by atoms with Gasteiger partial charge < -0.3 is 4.74 Å². The molecule has 0 amide bonds. The molecule has 1 aromatic rings. The Morgan fingerprint density at radius 2 is 2.14 bits per heavy atom. The van der Waals surface area contributed by atoms with Crippen LogP contribution in [0.5, 0.6) is 5.75 Å². The summed E-state index contributed by atoms with van der Waals surface area (Å²) in [5.74, 6) is 1.75. The number of rotatable bonds is 5. The van der Waals surface area contributed by atoms with Crippen molar-refractivity contribution in [3.8, 4) is 5.75 Å². The highest BCUT2D eigenvalue weighted by Crippen LogP contribution is 2.27. The van der Waals surface area contributed by atoms with Crippen LogP contribution in [0, 0.1) is 0 Å². The van der Waals surface area contributed by atoms with Gasteiger partial charge in [0.25, 0.3) is 0 Å². The van der Waals surface area contributed by atoms with Crippen LogP contribution in [0.3, 0.4) is 0 Å². The Kier molecular flexibility index (Phi) is 5.75. The highest BCUT2D eigenvalue weighted by Gasteiger charge is 2.00. The van der Waals surface area contributed by atoms with Gasteiger partial charge in [0.05, 0.1) is 11.1 Å². The minimum Gasteiger partial charge on any atom is -0.492 e. The summed E-state index contributed by atoms with van der Waals surface area (Å²) in [6.07, 6.45) is 2.10. The molecule has 14 heavy (non-hydrogen) atoms. The molecule has 0 fully saturated rings. The van der Waals surface area contributed by atoms with Crippen molar-refractivity contribution in [2.24, 2.45) is 0 Å². The second-order valence-electron chi connectivity index (χ2n) is 2.85. The number of unbranched alkanes of at least 4 members (excludes halogenated alkanes) is 1. The topological polar surface area (TPSA) is 9.23 Å². The third-order valence-electron chi connectivity index (χ3n) is 1.70. The lowest BCUT2D eigenvalue weighted by Gasteiger charge is -2.07. The Morgan fingerprint density at radius 1 is 1.36 bits per heavy atom.